The topological polar surface area (TPSA) is 20.2 Å². The van der Waals surface area contributed by atoms with E-state index in [1.165, 1.54) is 16.5 Å². The zero-order valence-electron chi connectivity index (χ0n) is 11.8. The maximum atomic E-state index is 3.45. The SMILES string of the molecule is CCNCC(c1cn(C)c2ccccc12)N(C)C. The van der Waals surface area contributed by atoms with Crippen LogP contribution in [0.3, 0.4) is 0 Å². The maximum Gasteiger partial charge on any atom is 0.0488 e. The van der Waals surface area contributed by atoms with Gasteiger partial charge in [0.05, 0.1) is 0 Å². The highest BCUT2D eigenvalue weighted by Gasteiger charge is 2.18. The molecule has 1 aromatic heterocycles. The largest absolute Gasteiger partial charge is 0.350 e. The minimum Gasteiger partial charge on any atom is -0.350 e. The van der Waals surface area contributed by atoms with Crippen molar-refractivity contribution >= 4 is 10.9 Å². The van der Waals surface area contributed by atoms with Gasteiger partial charge < -0.3 is 14.8 Å². The first-order valence-corrected chi connectivity index (χ1v) is 6.56. The first-order chi connectivity index (χ1) is 8.65. The molecule has 0 saturated heterocycles. The van der Waals surface area contributed by atoms with Crippen LogP contribution in [0.4, 0.5) is 0 Å². The third-order valence-corrected chi connectivity index (χ3v) is 3.50. The van der Waals surface area contributed by atoms with E-state index in [2.05, 4.69) is 73.3 Å². The van der Waals surface area contributed by atoms with Gasteiger partial charge in [0.2, 0.25) is 0 Å². The molecule has 1 atom stereocenters. The minimum absolute atomic E-state index is 0.413. The summed E-state index contributed by atoms with van der Waals surface area (Å²) >= 11 is 0. The third kappa shape index (κ3) is 2.42. The fourth-order valence-corrected chi connectivity index (χ4v) is 2.49. The highest BCUT2D eigenvalue weighted by molar-refractivity contribution is 5.84. The summed E-state index contributed by atoms with van der Waals surface area (Å²) in [5.74, 6) is 0. The number of likely N-dealkylation sites (N-methyl/N-ethyl adjacent to an activating group) is 2. The number of nitrogens with zero attached hydrogens (tertiary/aromatic N) is 2. The Labute approximate surface area is 109 Å². The van der Waals surface area contributed by atoms with Crippen molar-refractivity contribution in [2.75, 3.05) is 27.2 Å². The van der Waals surface area contributed by atoms with Crippen LogP contribution in [0, 0.1) is 0 Å². The molecule has 2 aromatic rings. The molecule has 18 heavy (non-hydrogen) atoms. The van der Waals surface area contributed by atoms with E-state index in [-0.39, 0.29) is 0 Å². The van der Waals surface area contributed by atoms with Crippen LogP contribution >= 0.6 is 0 Å². The lowest BCUT2D eigenvalue weighted by molar-refractivity contribution is 0.292. The van der Waals surface area contributed by atoms with Crippen LogP contribution < -0.4 is 5.32 Å². The Balaban J connectivity index is 2.44. The molecule has 3 nitrogen and oxygen atoms in total. The van der Waals surface area contributed by atoms with Crippen LogP contribution in [-0.2, 0) is 7.05 Å². The number of para-hydroxylation sites is 1. The van der Waals surface area contributed by atoms with Crippen molar-refractivity contribution in [3.63, 3.8) is 0 Å². The normalized spacial score (nSPS) is 13.4. The third-order valence-electron chi connectivity index (χ3n) is 3.50. The molecule has 0 radical (unpaired) electrons. The monoisotopic (exact) mass is 245 g/mol. The first kappa shape index (κ1) is 13.1. The molecule has 1 unspecified atom stereocenters. The highest BCUT2D eigenvalue weighted by atomic mass is 15.1. The molecule has 0 aliphatic heterocycles. The van der Waals surface area contributed by atoms with Gasteiger partial charge in [0.1, 0.15) is 0 Å². The first-order valence-electron chi connectivity index (χ1n) is 6.56. The van der Waals surface area contributed by atoms with Crippen molar-refractivity contribution in [3.05, 3.63) is 36.0 Å². The predicted molar refractivity (Wildman–Crippen MR) is 77.9 cm³/mol. The molecule has 1 heterocycles. The summed E-state index contributed by atoms with van der Waals surface area (Å²) in [5.41, 5.74) is 2.70. The van der Waals surface area contributed by atoms with Crippen molar-refractivity contribution in [2.45, 2.75) is 13.0 Å². The van der Waals surface area contributed by atoms with Crippen LogP contribution in [0.2, 0.25) is 0 Å². The predicted octanol–water partition coefficient (Wildman–Crippen LogP) is 2.39. The molecule has 1 aromatic carbocycles. The number of benzene rings is 1. The summed E-state index contributed by atoms with van der Waals surface area (Å²) in [4.78, 5) is 2.28. The molecule has 2 rings (SSSR count). The second kappa shape index (κ2) is 5.55. The summed E-state index contributed by atoms with van der Waals surface area (Å²) in [7, 11) is 6.40. The van der Waals surface area contributed by atoms with E-state index in [1.54, 1.807) is 0 Å². The van der Waals surface area contributed by atoms with E-state index in [9.17, 15) is 0 Å². The van der Waals surface area contributed by atoms with Gasteiger partial charge >= 0.3 is 0 Å². The molecule has 0 fully saturated rings. The molecule has 0 aliphatic rings. The maximum absolute atomic E-state index is 3.45. The number of hydrogen-bond acceptors (Lipinski definition) is 2. The summed E-state index contributed by atoms with van der Waals surface area (Å²) in [6.07, 6.45) is 2.26. The minimum atomic E-state index is 0.413. The van der Waals surface area contributed by atoms with Gasteiger partial charge in [0, 0.05) is 36.7 Å². The van der Waals surface area contributed by atoms with Crippen LogP contribution in [0.1, 0.15) is 18.5 Å². The summed E-state index contributed by atoms with van der Waals surface area (Å²) in [5, 5.41) is 4.81. The lowest BCUT2D eigenvalue weighted by atomic mass is 10.0. The summed E-state index contributed by atoms with van der Waals surface area (Å²) in [6.45, 7) is 4.14. The van der Waals surface area contributed by atoms with E-state index >= 15 is 0 Å². The van der Waals surface area contributed by atoms with Crippen molar-refractivity contribution < 1.29 is 0 Å². The Morgan fingerprint density at radius 2 is 2.00 bits per heavy atom. The second-order valence-electron chi connectivity index (χ2n) is 5.00. The van der Waals surface area contributed by atoms with Gasteiger partial charge in [-0.3, -0.25) is 0 Å². The van der Waals surface area contributed by atoms with Gasteiger partial charge in [0.25, 0.3) is 0 Å². The number of fused-ring (bicyclic) bond motifs is 1. The number of rotatable bonds is 5. The molecule has 98 valence electrons. The van der Waals surface area contributed by atoms with E-state index in [0.717, 1.165) is 13.1 Å². The van der Waals surface area contributed by atoms with Gasteiger partial charge in [-0.1, -0.05) is 25.1 Å². The fourth-order valence-electron chi connectivity index (χ4n) is 2.49. The number of aromatic nitrogens is 1. The Morgan fingerprint density at radius 3 is 2.67 bits per heavy atom. The Morgan fingerprint density at radius 1 is 1.28 bits per heavy atom. The highest BCUT2D eigenvalue weighted by Crippen LogP contribution is 2.28. The van der Waals surface area contributed by atoms with Crippen molar-refractivity contribution in [2.24, 2.45) is 7.05 Å². The summed E-state index contributed by atoms with van der Waals surface area (Å²) < 4.78 is 2.22. The van der Waals surface area contributed by atoms with E-state index < -0.39 is 0 Å². The molecule has 1 N–H and O–H groups in total. The van der Waals surface area contributed by atoms with Crippen molar-refractivity contribution in [1.82, 2.24) is 14.8 Å². The number of nitrogens with one attached hydrogen (secondary N) is 1. The average Bonchev–Trinajstić information content (AvgIpc) is 2.68. The lowest BCUT2D eigenvalue weighted by Crippen LogP contribution is -2.30. The molecule has 0 bridgehead atoms. The molecule has 0 spiro atoms. The molecular formula is C15H23N3. The van der Waals surface area contributed by atoms with Crippen molar-refractivity contribution in [1.29, 1.82) is 0 Å². The Hall–Kier alpha value is -1.32. The van der Waals surface area contributed by atoms with Gasteiger partial charge in [-0.05, 0) is 32.3 Å². The van der Waals surface area contributed by atoms with Crippen LogP contribution in [-0.4, -0.2) is 36.7 Å². The average molecular weight is 245 g/mol. The van der Waals surface area contributed by atoms with Crippen LogP contribution in [0.25, 0.3) is 10.9 Å². The lowest BCUT2D eigenvalue weighted by Gasteiger charge is -2.24. The second-order valence-corrected chi connectivity index (χ2v) is 5.00. The van der Waals surface area contributed by atoms with Gasteiger partial charge in [-0.25, -0.2) is 0 Å². The fraction of sp³-hybridized carbons (Fsp3) is 0.467. The van der Waals surface area contributed by atoms with Gasteiger partial charge in [-0.15, -0.1) is 0 Å². The Bertz CT molecular complexity index is 513. The van der Waals surface area contributed by atoms with E-state index in [4.69, 9.17) is 0 Å². The molecule has 0 amide bonds. The molecule has 0 aliphatic carbocycles. The zero-order chi connectivity index (χ0) is 13.1. The van der Waals surface area contributed by atoms with Gasteiger partial charge in [-0.2, -0.15) is 0 Å². The summed E-state index contributed by atoms with van der Waals surface area (Å²) in [6, 6.07) is 9.02. The van der Waals surface area contributed by atoms with Crippen LogP contribution in [0.15, 0.2) is 30.5 Å². The Kier molecular flexibility index (Phi) is 4.04. The van der Waals surface area contributed by atoms with Crippen molar-refractivity contribution in [3.8, 4) is 0 Å². The number of aryl methyl sites for hydroxylation is 1. The van der Waals surface area contributed by atoms with E-state index in [1.807, 2.05) is 0 Å². The standard InChI is InChI=1S/C15H23N3/c1-5-16-10-15(17(2)3)13-11-18(4)14-9-7-6-8-12(13)14/h6-9,11,15-16H,5,10H2,1-4H3. The van der Waals surface area contributed by atoms with Crippen LogP contribution in [0.5, 0.6) is 0 Å². The smallest absolute Gasteiger partial charge is 0.0488 e. The quantitative estimate of drug-likeness (QED) is 0.873. The van der Waals surface area contributed by atoms with Gasteiger partial charge in [0.15, 0.2) is 0 Å². The van der Waals surface area contributed by atoms with E-state index in [0.29, 0.717) is 6.04 Å². The number of hydrogen-bond donors (Lipinski definition) is 1. The zero-order valence-corrected chi connectivity index (χ0v) is 11.8. The molecule has 3 heteroatoms. The molecule has 0 saturated carbocycles. The molecular weight excluding hydrogens is 222 g/mol.